The van der Waals surface area contributed by atoms with E-state index in [1.54, 1.807) is 0 Å². The first-order valence-electron chi connectivity index (χ1n) is 23.5. The Kier molecular flexibility index (Phi) is 20.9. The predicted molar refractivity (Wildman–Crippen MR) is 255 cm³/mol. The van der Waals surface area contributed by atoms with Gasteiger partial charge in [-0.15, -0.1) is 0 Å². The zero-order chi connectivity index (χ0) is 42.4. The molecule has 0 spiro atoms. The van der Waals surface area contributed by atoms with Gasteiger partial charge in [-0.1, -0.05) is 251 Å². The Hall–Kier alpha value is -3.25. The molecule has 0 heterocycles. The lowest BCUT2D eigenvalue weighted by molar-refractivity contribution is 0.167. The van der Waals surface area contributed by atoms with Crippen LogP contribution in [0.3, 0.4) is 0 Å². The topological polar surface area (TPSA) is 40.6 Å². The molecular formula is C54H80N2O2S. The minimum atomic E-state index is -3.96. The van der Waals surface area contributed by atoms with Crippen LogP contribution in [0.2, 0.25) is 0 Å². The Morgan fingerprint density at radius 2 is 0.593 bits per heavy atom. The van der Waals surface area contributed by atoms with E-state index >= 15 is 8.42 Å². The molecule has 324 valence electrons. The van der Waals surface area contributed by atoms with Gasteiger partial charge in [0.2, 0.25) is 0 Å². The van der Waals surface area contributed by atoms with Gasteiger partial charge in [0.25, 0.3) is 0 Å². The maximum Gasteiger partial charge on any atom is 0.161 e. The average Bonchev–Trinajstić information content (AvgIpc) is 3.25. The van der Waals surface area contributed by atoms with Crippen LogP contribution >= 0.6 is 0 Å². The van der Waals surface area contributed by atoms with Crippen LogP contribution in [0.25, 0.3) is 0 Å². The van der Waals surface area contributed by atoms with E-state index in [2.05, 4.69) is 149 Å². The van der Waals surface area contributed by atoms with Crippen LogP contribution in [0.15, 0.2) is 121 Å². The molecule has 4 aromatic carbocycles. The number of unbranched alkanes of at least 4 members (excludes halogenated alkanes) is 16. The highest BCUT2D eigenvalue weighted by Gasteiger charge is 2.58. The molecule has 0 aliphatic heterocycles. The molecule has 2 atom stereocenters. The van der Waals surface area contributed by atoms with Crippen molar-refractivity contribution in [3.63, 3.8) is 0 Å². The lowest BCUT2D eigenvalue weighted by Crippen LogP contribution is -2.62. The van der Waals surface area contributed by atoms with Crippen molar-refractivity contribution in [1.82, 2.24) is 9.80 Å². The number of benzene rings is 4. The molecule has 5 heteroatoms. The predicted octanol–water partition coefficient (Wildman–Crippen LogP) is 14.0. The Bertz CT molecular complexity index is 1570. The van der Waals surface area contributed by atoms with Crippen molar-refractivity contribution in [2.24, 2.45) is 0 Å². The SMILES string of the molecule is CCCCCCCCCCCC(C(c1ccccc1)(c1ccccc1)N(C)C)S(=O)(=O)C(CCCCCCCCCCC)C(c1ccccc1)(c1ccccc1)N(C)C. The van der Waals surface area contributed by atoms with Crippen molar-refractivity contribution in [3.05, 3.63) is 144 Å². The maximum atomic E-state index is 16.9. The summed E-state index contributed by atoms with van der Waals surface area (Å²) >= 11 is 0. The van der Waals surface area contributed by atoms with Gasteiger partial charge in [0, 0.05) is 0 Å². The van der Waals surface area contributed by atoms with Gasteiger partial charge in [0.1, 0.15) is 0 Å². The second-order valence-corrected chi connectivity index (χ2v) is 19.9. The van der Waals surface area contributed by atoms with Gasteiger partial charge in [-0.25, -0.2) is 8.42 Å². The molecule has 4 nitrogen and oxygen atoms in total. The molecule has 4 aromatic rings. The first-order valence-corrected chi connectivity index (χ1v) is 25.1. The zero-order valence-corrected chi connectivity index (χ0v) is 38.8. The molecule has 2 unspecified atom stereocenters. The van der Waals surface area contributed by atoms with Gasteiger partial charge in [0.15, 0.2) is 9.84 Å². The summed E-state index contributed by atoms with van der Waals surface area (Å²) in [5, 5.41) is -1.43. The molecule has 0 radical (unpaired) electrons. The fraction of sp³-hybridized carbons (Fsp3) is 0.556. The normalized spacial score (nSPS) is 13.6. The van der Waals surface area contributed by atoms with Crippen LogP contribution in [0.5, 0.6) is 0 Å². The summed E-state index contributed by atoms with van der Waals surface area (Å²) in [4.78, 5) is 4.46. The van der Waals surface area contributed by atoms with E-state index < -0.39 is 31.4 Å². The van der Waals surface area contributed by atoms with Crippen LogP contribution in [-0.2, 0) is 20.9 Å². The van der Waals surface area contributed by atoms with Crippen LogP contribution in [-0.4, -0.2) is 56.9 Å². The molecule has 0 amide bonds. The summed E-state index contributed by atoms with van der Waals surface area (Å²) in [6.07, 6.45) is 22.6. The van der Waals surface area contributed by atoms with Crippen molar-refractivity contribution in [3.8, 4) is 0 Å². The van der Waals surface area contributed by atoms with Crippen molar-refractivity contribution in [2.75, 3.05) is 28.2 Å². The second-order valence-electron chi connectivity index (χ2n) is 17.6. The molecule has 0 bridgehead atoms. The number of hydrogen-bond acceptors (Lipinski definition) is 4. The lowest BCUT2D eigenvalue weighted by atomic mass is 9.76. The third-order valence-electron chi connectivity index (χ3n) is 13.1. The number of sulfone groups is 1. The number of nitrogens with zero attached hydrogens (tertiary/aromatic N) is 2. The highest BCUT2D eigenvalue weighted by atomic mass is 32.2. The smallest absolute Gasteiger partial charge is 0.161 e. The quantitative estimate of drug-likeness (QED) is 0.0491. The Morgan fingerprint density at radius 3 is 0.814 bits per heavy atom. The van der Waals surface area contributed by atoms with Gasteiger partial charge in [-0.05, 0) is 63.3 Å². The highest BCUT2D eigenvalue weighted by molar-refractivity contribution is 7.92. The van der Waals surface area contributed by atoms with Gasteiger partial charge in [0.05, 0.1) is 21.6 Å². The van der Waals surface area contributed by atoms with E-state index in [1.165, 1.54) is 77.0 Å². The van der Waals surface area contributed by atoms with Crippen molar-refractivity contribution < 1.29 is 8.42 Å². The molecule has 0 fully saturated rings. The fourth-order valence-electron chi connectivity index (χ4n) is 10.2. The minimum Gasteiger partial charge on any atom is -0.295 e. The maximum absolute atomic E-state index is 16.9. The van der Waals surface area contributed by atoms with Gasteiger partial charge < -0.3 is 0 Å². The van der Waals surface area contributed by atoms with Crippen molar-refractivity contribution in [2.45, 2.75) is 164 Å². The Balaban J connectivity index is 1.91. The zero-order valence-electron chi connectivity index (χ0n) is 38.0. The summed E-state index contributed by atoms with van der Waals surface area (Å²) in [6, 6.07) is 42.1. The van der Waals surface area contributed by atoms with E-state index in [0.717, 1.165) is 60.8 Å². The number of hydrogen-bond donors (Lipinski definition) is 0. The molecule has 0 aliphatic rings. The average molecular weight is 821 g/mol. The molecule has 0 aliphatic carbocycles. The third-order valence-corrected chi connectivity index (χ3v) is 15.9. The molecular weight excluding hydrogens is 741 g/mol. The summed E-state index contributed by atoms with van der Waals surface area (Å²) in [5.74, 6) is 0. The van der Waals surface area contributed by atoms with Crippen LogP contribution in [0, 0.1) is 0 Å². The first-order chi connectivity index (χ1) is 28.7. The summed E-state index contributed by atoms with van der Waals surface area (Å²) in [6.45, 7) is 4.54. The molecule has 0 saturated heterocycles. The van der Waals surface area contributed by atoms with E-state index in [4.69, 9.17) is 0 Å². The number of rotatable bonds is 30. The molecule has 0 aromatic heterocycles. The molecule has 0 saturated carbocycles. The van der Waals surface area contributed by atoms with E-state index in [9.17, 15) is 0 Å². The Morgan fingerprint density at radius 1 is 0.373 bits per heavy atom. The monoisotopic (exact) mass is 821 g/mol. The summed E-state index contributed by atoms with van der Waals surface area (Å²) < 4.78 is 33.8. The van der Waals surface area contributed by atoms with Crippen LogP contribution in [0.4, 0.5) is 0 Å². The third kappa shape index (κ3) is 12.4. The molecule has 0 N–H and O–H groups in total. The van der Waals surface area contributed by atoms with Gasteiger partial charge >= 0.3 is 0 Å². The summed E-state index contributed by atoms with van der Waals surface area (Å²) in [7, 11) is 4.44. The van der Waals surface area contributed by atoms with Crippen molar-refractivity contribution >= 4 is 9.84 Å². The highest BCUT2D eigenvalue weighted by Crippen LogP contribution is 2.50. The van der Waals surface area contributed by atoms with Gasteiger partial charge in [-0.3, -0.25) is 9.80 Å². The molecule has 4 rings (SSSR count). The lowest BCUT2D eigenvalue weighted by Gasteiger charge is -2.52. The first kappa shape index (κ1) is 48.4. The van der Waals surface area contributed by atoms with E-state index in [0.29, 0.717) is 12.8 Å². The van der Waals surface area contributed by atoms with Gasteiger partial charge in [-0.2, -0.15) is 0 Å². The standard InChI is InChI=1S/C54H80N2O2S/c1-7-9-11-13-15-17-19-21-35-45-51(53(55(3)4,47-37-27-23-28-38-47)48-39-29-24-30-40-48)59(57,58)52(46-36-22-20-18-16-14-12-10-8-2)54(56(5)6,49-41-31-25-32-42-49)50-43-33-26-34-44-50/h23-34,37-44,51-52H,7-22,35-36,45-46H2,1-6H3. The van der Waals surface area contributed by atoms with Crippen LogP contribution < -0.4 is 0 Å². The fourth-order valence-corrected chi connectivity index (χ4v) is 13.5. The summed E-state index contributed by atoms with van der Waals surface area (Å²) in [5.41, 5.74) is 2.25. The molecule has 59 heavy (non-hydrogen) atoms. The van der Waals surface area contributed by atoms with E-state index in [1.807, 2.05) is 24.3 Å². The Labute approximate surface area is 362 Å². The van der Waals surface area contributed by atoms with E-state index in [-0.39, 0.29) is 0 Å². The van der Waals surface area contributed by atoms with Crippen LogP contribution in [0.1, 0.15) is 165 Å². The van der Waals surface area contributed by atoms with Crippen molar-refractivity contribution in [1.29, 1.82) is 0 Å². The largest absolute Gasteiger partial charge is 0.295 e. The minimum absolute atomic E-state index is 0.585. The second kappa shape index (κ2) is 25.5.